The third kappa shape index (κ3) is 3.54. The number of halogens is 3. The smallest absolute Gasteiger partial charge is 0.416 e. The molecule has 1 N–H and O–H groups in total. The summed E-state index contributed by atoms with van der Waals surface area (Å²) in [6.45, 7) is 4.42. The fraction of sp³-hybridized carbons (Fsp3) is 0.350. The zero-order chi connectivity index (χ0) is 19.1. The van der Waals surface area contributed by atoms with Crippen LogP contribution in [0.3, 0.4) is 0 Å². The molecule has 1 aliphatic carbocycles. The topological polar surface area (TPSA) is 40.5 Å². The van der Waals surface area contributed by atoms with E-state index < -0.39 is 17.7 Å². The van der Waals surface area contributed by atoms with Crippen LogP contribution in [0, 0.1) is 5.92 Å². The molecule has 1 heterocycles. The van der Waals surface area contributed by atoms with Crippen molar-refractivity contribution in [2.75, 3.05) is 0 Å². The molecule has 26 heavy (non-hydrogen) atoms. The molecule has 1 aliphatic heterocycles. The van der Waals surface area contributed by atoms with Crippen LogP contribution in [-0.2, 0) is 17.5 Å². The second-order valence-corrected chi connectivity index (χ2v) is 6.91. The first-order valence-corrected chi connectivity index (χ1v) is 8.46. The molecule has 1 aromatic rings. The van der Waals surface area contributed by atoms with Crippen LogP contribution in [0.25, 0.3) is 0 Å². The van der Waals surface area contributed by atoms with Crippen LogP contribution < -0.4 is 0 Å². The second-order valence-electron chi connectivity index (χ2n) is 6.91. The van der Waals surface area contributed by atoms with E-state index in [0.717, 1.165) is 17.7 Å². The van der Waals surface area contributed by atoms with E-state index in [2.05, 4.69) is 19.9 Å². The van der Waals surface area contributed by atoms with Crippen molar-refractivity contribution in [3.05, 3.63) is 70.5 Å². The fourth-order valence-corrected chi connectivity index (χ4v) is 3.36. The van der Waals surface area contributed by atoms with Crippen molar-refractivity contribution in [1.29, 1.82) is 0 Å². The first kappa shape index (κ1) is 18.3. The Morgan fingerprint density at radius 1 is 1.23 bits per heavy atom. The number of nitrogens with zero attached hydrogens (tertiary/aromatic N) is 1. The van der Waals surface area contributed by atoms with Gasteiger partial charge < -0.3 is 10.0 Å². The highest BCUT2D eigenvalue weighted by Gasteiger charge is 2.35. The zero-order valence-electron chi connectivity index (χ0n) is 14.5. The van der Waals surface area contributed by atoms with Crippen molar-refractivity contribution in [2.24, 2.45) is 5.92 Å². The van der Waals surface area contributed by atoms with Gasteiger partial charge in [-0.3, -0.25) is 0 Å². The molecule has 3 rings (SSSR count). The molecule has 0 saturated carbocycles. The van der Waals surface area contributed by atoms with Crippen molar-refractivity contribution in [3.8, 4) is 0 Å². The van der Waals surface area contributed by atoms with Gasteiger partial charge >= 0.3 is 12.1 Å². The predicted molar refractivity (Wildman–Crippen MR) is 92.1 cm³/mol. The lowest BCUT2D eigenvalue weighted by molar-refractivity contribution is -0.137. The van der Waals surface area contributed by atoms with Crippen molar-refractivity contribution >= 4 is 5.97 Å². The van der Waals surface area contributed by atoms with E-state index >= 15 is 0 Å². The van der Waals surface area contributed by atoms with E-state index in [4.69, 9.17) is 0 Å². The van der Waals surface area contributed by atoms with Gasteiger partial charge in [-0.2, -0.15) is 13.2 Å². The number of rotatable bonds is 4. The molecular weight excluding hydrogens is 343 g/mol. The second kappa shape index (κ2) is 6.67. The number of fused-ring (bicyclic) bond motifs is 1. The monoisotopic (exact) mass is 363 g/mol. The Morgan fingerprint density at radius 3 is 2.42 bits per heavy atom. The molecule has 3 nitrogen and oxygen atoms in total. The highest BCUT2D eigenvalue weighted by molar-refractivity contribution is 5.88. The van der Waals surface area contributed by atoms with Gasteiger partial charge in [-0.05, 0) is 47.3 Å². The van der Waals surface area contributed by atoms with Crippen LogP contribution in [0.1, 0.15) is 31.4 Å². The lowest BCUT2D eigenvalue weighted by Gasteiger charge is -2.31. The molecule has 1 aromatic carbocycles. The maximum absolute atomic E-state index is 12.7. The van der Waals surface area contributed by atoms with Crippen LogP contribution in [0.4, 0.5) is 13.2 Å². The number of hydrogen-bond acceptors (Lipinski definition) is 2. The maximum Gasteiger partial charge on any atom is 0.416 e. The summed E-state index contributed by atoms with van der Waals surface area (Å²) in [4.78, 5) is 13.4. The minimum absolute atomic E-state index is 0.0918. The molecule has 1 unspecified atom stereocenters. The van der Waals surface area contributed by atoms with Gasteiger partial charge in [-0.15, -0.1) is 0 Å². The number of benzene rings is 1. The minimum atomic E-state index is -4.38. The van der Waals surface area contributed by atoms with Gasteiger partial charge in [0.15, 0.2) is 0 Å². The standard InChI is InChI=1S/C20H20F3NO2/c1-12(2)14-5-8-17-15(9-14)10-18(19(25)26)24(17)11-13-3-6-16(7-4-13)20(21,22)23/h3-7,9-10,12,17H,8,11H2,1-2H3,(H,25,26). The number of carboxylic acids is 1. The maximum atomic E-state index is 12.7. The minimum Gasteiger partial charge on any atom is -0.477 e. The Bertz CT molecular complexity index is 801. The summed E-state index contributed by atoms with van der Waals surface area (Å²) in [5.74, 6) is -0.674. The Labute approximate surface area is 150 Å². The Balaban J connectivity index is 1.85. The van der Waals surface area contributed by atoms with Gasteiger partial charge in [0.1, 0.15) is 5.70 Å². The van der Waals surface area contributed by atoms with E-state index in [9.17, 15) is 23.1 Å². The third-order valence-electron chi connectivity index (χ3n) is 4.80. The first-order valence-electron chi connectivity index (χ1n) is 8.46. The molecular formula is C20H20F3NO2. The Hall–Kier alpha value is -2.50. The van der Waals surface area contributed by atoms with Crippen LogP contribution >= 0.6 is 0 Å². The average Bonchev–Trinajstić information content (AvgIpc) is 2.92. The summed E-state index contributed by atoms with van der Waals surface area (Å²) in [6.07, 6.45) is 2.11. The molecule has 138 valence electrons. The molecule has 0 spiro atoms. The van der Waals surface area contributed by atoms with Crippen molar-refractivity contribution in [2.45, 2.75) is 39.0 Å². The Morgan fingerprint density at radius 2 is 1.88 bits per heavy atom. The van der Waals surface area contributed by atoms with Gasteiger partial charge in [0.05, 0.1) is 11.6 Å². The SMILES string of the molecule is CC(C)C1=CCC2C(=C1)C=C(C(=O)O)N2Cc1ccc(C(F)(F)F)cc1. The lowest BCUT2D eigenvalue weighted by atomic mass is 9.90. The van der Waals surface area contributed by atoms with Crippen LogP contribution in [0.15, 0.2) is 59.3 Å². The molecule has 0 amide bonds. The number of alkyl halides is 3. The largest absolute Gasteiger partial charge is 0.477 e. The summed E-state index contributed by atoms with van der Waals surface area (Å²) >= 11 is 0. The Kier molecular flexibility index (Phi) is 4.69. The highest BCUT2D eigenvalue weighted by atomic mass is 19.4. The molecule has 0 fully saturated rings. The molecule has 0 saturated heterocycles. The number of carboxylic acid groups (broad SMARTS) is 1. The van der Waals surface area contributed by atoms with E-state index in [1.165, 1.54) is 17.7 Å². The highest BCUT2D eigenvalue weighted by Crippen LogP contribution is 2.36. The van der Waals surface area contributed by atoms with E-state index in [-0.39, 0.29) is 18.3 Å². The molecule has 0 aromatic heterocycles. The summed E-state index contributed by atoms with van der Waals surface area (Å²) in [6, 6.07) is 4.78. The molecule has 6 heteroatoms. The van der Waals surface area contributed by atoms with Gasteiger partial charge in [-0.1, -0.05) is 38.1 Å². The summed E-state index contributed by atoms with van der Waals surface area (Å²) in [5, 5.41) is 9.53. The lowest BCUT2D eigenvalue weighted by Crippen LogP contribution is -2.33. The van der Waals surface area contributed by atoms with Gasteiger partial charge in [0.2, 0.25) is 0 Å². The first-order chi connectivity index (χ1) is 12.2. The zero-order valence-corrected chi connectivity index (χ0v) is 14.5. The quantitative estimate of drug-likeness (QED) is 0.838. The molecule has 0 bridgehead atoms. The summed E-state index contributed by atoms with van der Waals surface area (Å²) < 4.78 is 38.1. The van der Waals surface area contributed by atoms with Gasteiger partial charge in [-0.25, -0.2) is 4.79 Å². The van der Waals surface area contributed by atoms with Crippen LogP contribution in [0.2, 0.25) is 0 Å². The third-order valence-corrected chi connectivity index (χ3v) is 4.80. The molecule has 1 atom stereocenters. The number of aliphatic carboxylic acids is 1. The number of allylic oxidation sites excluding steroid dienone is 2. The molecule has 2 aliphatic rings. The van der Waals surface area contributed by atoms with Crippen molar-refractivity contribution in [1.82, 2.24) is 4.90 Å². The van der Waals surface area contributed by atoms with E-state index in [1.54, 1.807) is 11.0 Å². The summed E-state index contributed by atoms with van der Waals surface area (Å²) in [7, 11) is 0. The van der Waals surface area contributed by atoms with Gasteiger partial charge in [0.25, 0.3) is 0 Å². The van der Waals surface area contributed by atoms with Crippen LogP contribution in [0.5, 0.6) is 0 Å². The van der Waals surface area contributed by atoms with E-state index in [1.807, 2.05) is 6.08 Å². The number of carbonyl (C=O) groups is 1. The average molecular weight is 363 g/mol. The number of hydrogen-bond donors (Lipinski definition) is 1. The van der Waals surface area contributed by atoms with Crippen molar-refractivity contribution < 1.29 is 23.1 Å². The predicted octanol–water partition coefficient (Wildman–Crippen LogP) is 4.77. The molecule has 0 radical (unpaired) electrons. The van der Waals surface area contributed by atoms with E-state index in [0.29, 0.717) is 17.9 Å². The normalized spacial score (nSPS) is 19.8. The van der Waals surface area contributed by atoms with Gasteiger partial charge in [0, 0.05) is 6.54 Å². The summed E-state index contributed by atoms with van der Waals surface area (Å²) in [5.41, 5.74) is 2.23. The van der Waals surface area contributed by atoms with Crippen molar-refractivity contribution in [3.63, 3.8) is 0 Å². The van der Waals surface area contributed by atoms with Crippen LogP contribution in [-0.4, -0.2) is 22.0 Å². The fourth-order valence-electron chi connectivity index (χ4n) is 3.36.